The van der Waals surface area contributed by atoms with Crippen LogP contribution in [0.25, 0.3) is 0 Å². The Hall–Kier alpha value is -1.69. The van der Waals surface area contributed by atoms with E-state index in [4.69, 9.17) is 23.2 Å². The lowest BCUT2D eigenvalue weighted by atomic mass is 10.1. The standard InChI is InChI=1S/C22H26Cl2N2O2S/c1-3-20(22(28)25-4-2)26(13-17-9-5-6-11-19(17)24)21(27)15-29-14-16-8-7-10-18(23)12-16/h5-12,20H,3-4,13-15H2,1-2H3,(H,25,28)/t20-/m1/s1. The maximum atomic E-state index is 13.1. The van der Waals surface area contributed by atoms with E-state index >= 15 is 0 Å². The number of carbonyl (C=O) groups excluding carboxylic acids is 2. The van der Waals surface area contributed by atoms with Crippen LogP contribution < -0.4 is 5.32 Å². The van der Waals surface area contributed by atoms with Gasteiger partial charge in [-0.25, -0.2) is 0 Å². The van der Waals surface area contributed by atoms with E-state index in [1.54, 1.807) is 11.0 Å². The smallest absolute Gasteiger partial charge is 0.242 e. The summed E-state index contributed by atoms with van der Waals surface area (Å²) in [6, 6.07) is 14.5. The molecule has 0 unspecified atom stereocenters. The van der Waals surface area contributed by atoms with Crippen LogP contribution >= 0.6 is 35.0 Å². The van der Waals surface area contributed by atoms with Gasteiger partial charge in [0, 0.05) is 28.9 Å². The van der Waals surface area contributed by atoms with Crippen LogP contribution in [-0.2, 0) is 21.9 Å². The Morgan fingerprint density at radius 2 is 1.86 bits per heavy atom. The lowest BCUT2D eigenvalue weighted by Gasteiger charge is -2.30. The average Bonchev–Trinajstić information content (AvgIpc) is 2.69. The second kappa shape index (κ2) is 12.1. The van der Waals surface area contributed by atoms with Crippen LogP contribution in [-0.4, -0.2) is 35.1 Å². The van der Waals surface area contributed by atoms with Gasteiger partial charge in [-0.1, -0.05) is 60.5 Å². The fourth-order valence-corrected chi connectivity index (χ4v) is 4.25. The Labute approximate surface area is 187 Å². The fourth-order valence-electron chi connectivity index (χ4n) is 2.99. The summed E-state index contributed by atoms with van der Waals surface area (Å²) < 4.78 is 0. The van der Waals surface area contributed by atoms with Gasteiger partial charge in [0.2, 0.25) is 11.8 Å². The normalized spacial score (nSPS) is 11.7. The molecule has 1 N–H and O–H groups in total. The fraction of sp³-hybridized carbons (Fsp3) is 0.364. The number of amides is 2. The van der Waals surface area contributed by atoms with E-state index in [9.17, 15) is 9.59 Å². The van der Waals surface area contributed by atoms with Gasteiger partial charge in [-0.05, 0) is 42.7 Å². The van der Waals surface area contributed by atoms with Crippen LogP contribution in [0.1, 0.15) is 31.4 Å². The molecular weight excluding hydrogens is 427 g/mol. The molecule has 4 nitrogen and oxygen atoms in total. The molecule has 2 rings (SSSR count). The van der Waals surface area contributed by atoms with Gasteiger partial charge in [0.05, 0.1) is 5.75 Å². The molecule has 0 saturated carbocycles. The number of nitrogens with one attached hydrogen (secondary N) is 1. The van der Waals surface area contributed by atoms with Gasteiger partial charge in [0.15, 0.2) is 0 Å². The predicted molar refractivity (Wildman–Crippen MR) is 122 cm³/mol. The summed E-state index contributed by atoms with van der Waals surface area (Å²) in [5.74, 6) is 0.710. The van der Waals surface area contributed by atoms with Crippen molar-refractivity contribution in [3.63, 3.8) is 0 Å². The van der Waals surface area contributed by atoms with Gasteiger partial charge in [0.25, 0.3) is 0 Å². The van der Waals surface area contributed by atoms with E-state index in [2.05, 4.69) is 5.32 Å². The van der Waals surface area contributed by atoms with Crippen molar-refractivity contribution in [2.75, 3.05) is 12.3 Å². The molecule has 0 saturated heterocycles. The number of thioether (sulfide) groups is 1. The molecule has 0 aliphatic heterocycles. The zero-order valence-corrected chi connectivity index (χ0v) is 19.0. The lowest BCUT2D eigenvalue weighted by Crippen LogP contribution is -2.49. The Balaban J connectivity index is 2.12. The highest BCUT2D eigenvalue weighted by Gasteiger charge is 2.28. The van der Waals surface area contributed by atoms with Crippen molar-refractivity contribution in [3.05, 3.63) is 69.7 Å². The summed E-state index contributed by atoms with van der Waals surface area (Å²) in [5.41, 5.74) is 1.88. The third-order valence-corrected chi connectivity index (χ3v) is 6.01. The molecule has 0 radical (unpaired) electrons. The number of hydrogen-bond acceptors (Lipinski definition) is 3. The highest BCUT2D eigenvalue weighted by Crippen LogP contribution is 2.22. The molecule has 2 aromatic carbocycles. The van der Waals surface area contributed by atoms with Crippen LogP contribution in [0.15, 0.2) is 48.5 Å². The minimum absolute atomic E-state index is 0.0879. The quantitative estimate of drug-likeness (QED) is 0.540. The maximum Gasteiger partial charge on any atom is 0.242 e. The topological polar surface area (TPSA) is 49.4 Å². The minimum atomic E-state index is -0.537. The van der Waals surface area contributed by atoms with Crippen molar-refractivity contribution in [1.82, 2.24) is 10.2 Å². The summed E-state index contributed by atoms with van der Waals surface area (Å²) in [4.78, 5) is 27.3. The highest BCUT2D eigenvalue weighted by atomic mass is 35.5. The third kappa shape index (κ3) is 7.25. The number of halogens is 2. The maximum absolute atomic E-state index is 13.1. The van der Waals surface area contributed by atoms with E-state index in [0.717, 1.165) is 11.1 Å². The zero-order valence-electron chi connectivity index (χ0n) is 16.7. The van der Waals surface area contributed by atoms with E-state index in [-0.39, 0.29) is 17.6 Å². The SMILES string of the molecule is CCNC(=O)[C@@H](CC)N(Cc1ccccc1Cl)C(=O)CSCc1cccc(Cl)c1. The molecule has 0 aliphatic rings. The molecule has 2 amide bonds. The van der Waals surface area contributed by atoms with E-state index in [1.807, 2.05) is 56.3 Å². The first-order chi connectivity index (χ1) is 14.0. The molecule has 2 aromatic rings. The monoisotopic (exact) mass is 452 g/mol. The van der Waals surface area contributed by atoms with Crippen molar-refractivity contribution >= 4 is 46.8 Å². The first-order valence-corrected chi connectivity index (χ1v) is 11.5. The summed E-state index contributed by atoms with van der Waals surface area (Å²) >= 11 is 13.8. The van der Waals surface area contributed by atoms with Crippen molar-refractivity contribution in [2.45, 2.75) is 38.6 Å². The molecule has 0 heterocycles. The largest absolute Gasteiger partial charge is 0.355 e. The van der Waals surface area contributed by atoms with Gasteiger partial charge < -0.3 is 10.2 Å². The molecule has 0 bridgehead atoms. The van der Waals surface area contributed by atoms with Gasteiger partial charge in [-0.3, -0.25) is 9.59 Å². The Morgan fingerprint density at radius 1 is 1.10 bits per heavy atom. The first kappa shape index (κ1) is 23.6. The molecular formula is C22H26Cl2N2O2S. The summed E-state index contributed by atoms with van der Waals surface area (Å²) in [5, 5.41) is 4.10. The van der Waals surface area contributed by atoms with Gasteiger partial charge in [0.1, 0.15) is 6.04 Å². The van der Waals surface area contributed by atoms with Crippen molar-refractivity contribution < 1.29 is 9.59 Å². The van der Waals surface area contributed by atoms with Gasteiger partial charge >= 0.3 is 0 Å². The molecule has 29 heavy (non-hydrogen) atoms. The molecule has 7 heteroatoms. The molecule has 156 valence electrons. The predicted octanol–water partition coefficient (Wildman–Crippen LogP) is 5.17. The molecule has 0 aromatic heterocycles. The van der Waals surface area contributed by atoms with Crippen LogP contribution in [0, 0.1) is 0 Å². The molecule has 0 spiro atoms. The molecule has 0 aliphatic carbocycles. The van der Waals surface area contributed by atoms with Crippen LogP contribution in [0.4, 0.5) is 0 Å². The number of rotatable bonds is 10. The average molecular weight is 453 g/mol. The number of hydrogen-bond donors (Lipinski definition) is 1. The van der Waals surface area contributed by atoms with E-state index in [1.165, 1.54) is 11.8 Å². The van der Waals surface area contributed by atoms with Crippen molar-refractivity contribution in [2.24, 2.45) is 0 Å². The number of nitrogens with zero attached hydrogens (tertiary/aromatic N) is 1. The van der Waals surface area contributed by atoms with Gasteiger partial charge in [-0.2, -0.15) is 0 Å². The Bertz CT molecular complexity index is 832. The van der Waals surface area contributed by atoms with Crippen LogP contribution in [0.3, 0.4) is 0 Å². The minimum Gasteiger partial charge on any atom is -0.355 e. The Kier molecular flexibility index (Phi) is 9.85. The molecule has 0 fully saturated rings. The second-order valence-corrected chi connectivity index (χ2v) is 8.38. The molecule has 1 atom stereocenters. The van der Waals surface area contributed by atoms with Crippen LogP contribution in [0.5, 0.6) is 0 Å². The third-order valence-electron chi connectivity index (χ3n) is 4.42. The van der Waals surface area contributed by atoms with Crippen LogP contribution in [0.2, 0.25) is 10.0 Å². The number of likely N-dealkylation sites (N-methyl/N-ethyl adjacent to an activating group) is 1. The summed E-state index contributed by atoms with van der Waals surface area (Å²) in [6.07, 6.45) is 0.529. The second-order valence-electron chi connectivity index (χ2n) is 6.55. The Morgan fingerprint density at radius 3 is 2.52 bits per heavy atom. The lowest BCUT2D eigenvalue weighted by molar-refractivity contribution is -0.139. The number of carbonyl (C=O) groups is 2. The summed E-state index contributed by atoms with van der Waals surface area (Å²) in [7, 11) is 0. The van der Waals surface area contributed by atoms with Crippen molar-refractivity contribution in [3.8, 4) is 0 Å². The summed E-state index contributed by atoms with van der Waals surface area (Å²) in [6.45, 7) is 4.59. The van der Waals surface area contributed by atoms with E-state index < -0.39 is 6.04 Å². The van der Waals surface area contributed by atoms with E-state index in [0.29, 0.717) is 35.3 Å². The number of benzene rings is 2. The van der Waals surface area contributed by atoms with Gasteiger partial charge in [-0.15, -0.1) is 11.8 Å². The first-order valence-electron chi connectivity index (χ1n) is 9.59. The zero-order chi connectivity index (χ0) is 21.2. The highest BCUT2D eigenvalue weighted by molar-refractivity contribution is 7.99. The van der Waals surface area contributed by atoms with Crippen molar-refractivity contribution in [1.29, 1.82) is 0 Å².